The van der Waals surface area contributed by atoms with Gasteiger partial charge in [-0.15, -0.1) is 0 Å². The quantitative estimate of drug-likeness (QED) is 0.625. The summed E-state index contributed by atoms with van der Waals surface area (Å²) >= 11 is 0. The van der Waals surface area contributed by atoms with Gasteiger partial charge in [-0.1, -0.05) is 18.2 Å². The first kappa shape index (κ1) is 11.9. The van der Waals surface area contributed by atoms with Gasteiger partial charge >= 0.3 is 0 Å². The summed E-state index contributed by atoms with van der Waals surface area (Å²) in [6.07, 6.45) is 7.45. The Bertz CT molecular complexity index is 920. The summed E-state index contributed by atoms with van der Waals surface area (Å²) in [4.78, 5) is 9.06. The van der Waals surface area contributed by atoms with Crippen molar-refractivity contribution in [2.45, 2.75) is 6.92 Å². The molecule has 3 aromatic heterocycles. The average molecular weight is 278 g/mol. The van der Waals surface area contributed by atoms with Crippen molar-refractivity contribution in [3.8, 4) is 5.82 Å². The molecule has 4 rings (SSSR count). The number of nitrogens with zero attached hydrogens (tertiary/aromatic N) is 5. The molecule has 1 aromatic carbocycles. The largest absolute Gasteiger partial charge is 0.369 e. The number of hydrogen-bond acceptors (Lipinski definition) is 4. The van der Waals surface area contributed by atoms with E-state index in [0.717, 1.165) is 34.7 Å². The van der Waals surface area contributed by atoms with Crippen LogP contribution < -0.4 is 5.32 Å². The number of rotatable bonds is 3. The highest BCUT2D eigenvalue weighted by Gasteiger charge is 2.12. The molecule has 0 radical (unpaired) electrons. The number of para-hydroxylation sites is 1. The maximum absolute atomic E-state index is 4.66. The number of hydrogen-bond donors (Lipinski definition) is 1. The third-order valence-electron chi connectivity index (χ3n) is 3.39. The molecule has 0 atom stereocenters. The number of benzene rings is 1. The van der Waals surface area contributed by atoms with Crippen molar-refractivity contribution in [3.63, 3.8) is 0 Å². The Balaban J connectivity index is 2.02. The van der Waals surface area contributed by atoms with E-state index in [-0.39, 0.29) is 0 Å². The highest BCUT2D eigenvalue weighted by atomic mass is 15.3. The fraction of sp³-hybridized carbons (Fsp3) is 0.133. The average Bonchev–Trinajstić information content (AvgIpc) is 3.13. The molecule has 6 heteroatoms. The van der Waals surface area contributed by atoms with E-state index in [2.05, 4.69) is 20.4 Å². The lowest BCUT2D eigenvalue weighted by Crippen LogP contribution is -2.08. The molecule has 21 heavy (non-hydrogen) atoms. The molecular formula is C15H14N6. The Morgan fingerprint density at radius 2 is 2.14 bits per heavy atom. The molecule has 0 amide bonds. The van der Waals surface area contributed by atoms with Crippen LogP contribution in [0, 0.1) is 0 Å². The second-order valence-corrected chi connectivity index (χ2v) is 4.75. The molecule has 0 aliphatic carbocycles. The smallest absolute Gasteiger partial charge is 0.200 e. The molecule has 0 fully saturated rings. The lowest BCUT2D eigenvalue weighted by molar-refractivity contribution is 0.867. The summed E-state index contributed by atoms with van der Waals surface area (Å²) in [5, 5.41) is 8.79. The number of fused-ring (bicyclic) bond motifs is 2. The Morgan fingerprint density at radius 1 is 1.24 bits per heavy atom. The van der Waals surface area contributed by atoms with E-state index in [0.29, 0.717) is 0 Å². The van der Waals surface area contributed by atoms with Gasteiger partial charge < -0.3 is 9.72 Å². The highest BCUT2D eigenvalue weighted by Crippen LogP contribution is 2.21. The van der Waals surface area contributed by atoms with Crippen LogP contribution in [-0.4, -0.2) is 30.7 Å². The lowest BCUT2D eigenvalue weighted by atomic mass is 10.2. The van der Waals surface area contributed by atoms with Crippen LogP contribution in [0.15, 0.2) is 49.1 Å². The third kappa shape index (κ3) is 1.84. The zero-order valence-corrected chi connectivity index (χ0v) is 11.6. The Morgan fingerprint density at radius 3 is 3.05 bits per heavy atom. The fourth-order valence-electron chi connectivity index (χ4n) is 2.46. The van der Waals surface area contributed by atoms with Gasteiger partial charge in [-0.25, -0.2) is 14.6 Å². The summed E-state index contributed by atoms with van der Waals surface area (Å²) in [6.45, 7) is 2.86. The van der Waals surface area contributed by atoms with E-state index in [1.165, 1.54) is 0 Å². The minimum atomic E-state index is 0.722. The van der Waals surface area contributed by atoms with E-state index in [1.807, 2.05) is 58.9 Å². The molecule has 0 bridgehead atoms. The molecule has 0 saturated heterocycles. The SMILES string of the molecule is CCNc1cn2ccnc2c(-n2ncc3ccccc32)n1. The van der Waals surface area contributed by atoms with E-state index in [1.54, 1.807) is 6.20 Å². The third-order valence-corrected chi connectivity index (χ3v) is 3.39. The van der Waals surface area contributed by atoms with Gasteiger partial charge in [0, 0.05) is 24.3 Å². The van der Waals surface area contributed by atoms with Gasteiger partial charge in [0.15, 0.2) is 11.5 Å². The van der Waals surface area contributed by atoms with E-state index in [4.69, 9.17) is 0 Å². The fourth-order valence-corrected chi connectivity index (χ4v) is 2.46. The summed E-state index contributed by atoms with van der Waals surface area (Å²) in [5.74, 6) is 1.53. The number of anilines is 1. The lowest BCUT2D eigenvalue weighted by Gasteiger charge is -2.09. The second-order valence-electron chi connectivity index (χ2n) is 4.75. The molecule has 0 saturated carbocycles. The molecule has 1 N–H and O–H groups in total. The van der Waals surface area contributed by atoms with Gasteiger partial charge in [0.2, 0.25) is 0 Å². The summed E-state index contributed by atoms with van der Waals surface area (Å²) in [7, 11) is 0. The summed E-state index contributed by atoms with van der Waals surface area (Å²) in [6, 6.07) is 8.07. The normalized spacial score (nSPS) is 11.3. The summed E-state index contributed by atoms with van der Waals surface area (Å²) < 4.78 is 3.79. The van der Waals surface area contributed by atoms with Crippen molar-refractivity contribution in [3.05, 3.63) is 49.1 Å². The topological polar surface area (TPSA) is 60.0 Å². The van der Waals surface area contributed by atoms with Crippen LogP contribution in [0.5, 0.6) is 0 Å². The summed E-state index contributed by atoms with van der Waals surface area (Å²) in [5.41, 5.74) is 1.80. The standard InChI is InChI=1S/C15H14N6/c1-2-16-13-10-20-8-7-17-14(20)15(19-13)21-12-6-4-3-5-11(12)9-18-21/h3-10,16H,2H2,1H3. The predicted molar refractivity (Wildman–Crippen MR) is 81.8 cm³/mol. The van der Waals surface area contributed by atoms with Crippen LogP contribution in [0.25, 0.3) is 22.4 Å². The predicted octanol–water partition coefficient (Wildman–Crippen LogP) is 2.50. The van der Waals surface area contributed by atoms with Crippen LogP contribution in [0.1, 0.15) is 6.92 Å². The molecule has 0 aliphatic rings. The van der Waals surface area contributed by atoms with Crippen LogP contribution in [0.4, 0.5) is 5.82 Å². The second kappa shape index (κ2) is 4.59. The van der Waals surface area contributed by atoms with Gasteiger partial charge in [0.25, 0.3) is 0 Å². The molecule has 6 nitrogen and oxygen atoms in total. The highest BCUT2D eigenvalue weighted by molar-refractivity contribution is 5.81. The van der Waals surface area contributed by atoms with Crippen LogP contribution in [-0.2, 0) is 0 Å². The zero-order chi connectivity index (χ0) is 14.2. The van der Waals surface area contributed by atoms with Crippen molar-refractivity contribution < 1.29 is 0 Å². The van der Waals surface area contributed by atoms with Crippen molar-refractivity contribution in [2.75, 3.05) is 11.9 Å². The maximum Gasteiger partial charge on any atom is 0.200 e. The first-order valence-electron chi connectivity index (χ1n) is 6.87. The number of nitrogens with one attached hydrogen (secondary N) is 1. The maximum atomic E-state index is 4.66. The van der Waals surface area contributed by atoms with E-state index >= 15 is 0 Å². The Hall–Kier alpha value is -2.89. The van der Waals surface area contributed by atoms with Crippen molar-refractivity contribution in [1.82, 2.24) is 24.1 Å². The molecule has 104 valence electrons. The first-order chi connectivity index (χ1) is 10.4. The van der Waals surface area contributed by atoms with Gasteiger partial charge in [-0.3, -0.25) is 0 Å². The number of aromatic nitrogens is 5. The van der Waals surface area contributed by atoms with Gasteiger partial charge in [0.05, 0.1) is 17.9 Å². The Kier molecular flexibility index (Phi) is 2.60. The minimum Gasteiger partial charge on any atom is -0.369 e. The van der Waals surface area contributed by atoms with Crippen LogP contribution >= 0.6 is 0 Å². The Labute approximate surface area is 121 Å². The van der Waals surface area contributed by atoms with Crippen molar-refractivity contribution in [1.29, 1.82) is 0 Å². The van der Waals surface area contributed by atoms with Crippen LogP contribution in [0.2, 0.25) is 0 Å². The zero-order valence-electron chi connectivity index (χ0n) is 11.6. The number of imidazole rings is 1. The van der Waals surface area contributed by atoms with Crippen molar-refractivity contribution >= 4 is 22.4 Å². The molecule has 0 spiro atoms. The first-order valence-corrected chi connectivity index (χ1v) is 6.87. The molecule has 0 unspecified atom stereocenters. The van der Waals surface area contributed by atoms with Gasteiger partial charge in [-0.05, 0) is 13.0 Å². The van der Waals surface area contributed by atoms with Gasteiger partial charge in [-0.2, -0.15) is 5.10 Å². The molecular weight excluding hydrogens is 264 g/mol. The van der Waals surface area contributed by atoms with E-state index in [9.17, 15) is 0 Å². The van der Waals surface area contributed by atoms with Crippen molar-refractivity contribution in [2.24, 2.45) is 0 Å². The van der Waals surface area contributed by atoms with E-state index < -0.39 is 0 Å². The molecule has 0 aliphatic heterocycles. The molecule has 3 heterocycles. The molecule has 4 aromatic rings. The minimum absolute atomic E-state index is 0.722. The van der Waals surface area contributed by atoms with Crippen LogP contribution in [0.3, 0.4) is 0 Å². The monoisotopic (exact) mass is 278 g/mol. The van der Waals surface area contributed by atoms with Gasteiger partial charge in [0.1, 0.15) is 5.82 Å².